The maximum absolute atomic E-state index is 6.10. The highest BCUT2D eigenvalue weighted by atomic mass is 35.5. The molecular weight excluding hydrogens is 284 g/mol. The Hall–Kier alpha value is -1.10. The first-order valence-electron chi connectivity index (χ1n) is 5.51. The molecule has 0 saturated heterocycles. The third-order valence-corrected chi connectivity index (χ3v) is 3.82. The highest BCUT2D eigenvalue weighted by Crippen LogP contribution is 2.21. The molecule has 2 nitrogen and oxygen atoms in total. The lowest BCUT2D eigenvalue weighted by molar-refractivity contribution is 1.03. The van der Waals surface area contributed by atoms with Crippen LogP contribution in [0.1, 0.15) is 11.1 Å². The Morgan fingerprint density at radius 2 is 2.22 bits per heavy atom. The molecule has 2 aromatic rings. The van der Waals surface area contributed by atoms with Crippen molar-refractivity contribution < 1.29 is 0 Å². The standard InChI is InChI=1S/C13H13ClN2S2/c14-12-7-10(1-2-11(12)13(15)17)16-5-3-9-4-6-18-8-9/h1-2,4,6-8,16H,3,5H2,(H2,15,17). The summed E-state index contributed by atoms with van der Waals surface area (Å²) in [5.74, 6) is 0. The van der Waals surface area contributed by atoms with E-state index in [0.29, 0.717) is 10.0 Å². The molecule has 0 aliphatic carbocycles. The van der Waals surface area contributed by atoms with Crippen molar-refractivity contribution in [2.45, 2.75) is 6.42 Å². The number of thiophene rings is 1. The summed E-state index contributed by atoms with van der Waals surface area (Å²) < 4.78 is 0. The zero-order valence-corrected chi connectivity index (χ0v) is 12.0. The van der Waals surface area contributed by atoms with Crippen molar-refractivity contribution in [1.82, 2.24) is 0 Å². The lowest BCUT2D eigenvalue weighted by Gasteiger charge is -2.08. The molecule has 1 heterocycles. The van der Waals surface area contributed by atoms with Crippen molar-refractivity contribution in [2.75, 3.05) is 11.9 Å². The monoisotopic (exact) mass is 296 g/mol. The van der Waals surface area contributed by atoms with Crippen molar-refractivity contribution in [3.8, 4) is 0 Å². The van der Waals surface area contributed by atoms with Crippen molar-refractivity contribution >= 4 is 45.8 Å². The summed E-state index contributed by atoms with van der Waals surface area (Å²) in [4.78, 5) is 0.324. The van der Waals surface area contributed by atoms with E-state index in [4.69, 9.17) is 29.6 Å². The maximum Gasteiger partial charge on any atom is 0.105 e. The van der Waals surface area contributed by atoms with Crippen LogP contribution in [0.3, 0.4) is 0 Å². The first-order valence-corrected chi connectivity index (χ1v) is 7.24. The fraction of sp³-hybridized carbons (Fsp3) is 0.154. The molecule has 0 spiro atoms. The van der Waals surface area contributed by atoms with Gasteiger partial charge in [-0.1, -0.05) is 23.8 Å². The Labute approximate surface area is 121 Å². The van der Waals surface area contributed by atoms with Gasteiger partial charge in [-0.3, -0.25) is 0 Å². The topological polar surface area (TPSA) is 38.0 Å². The van der Waals surface area contributed by atoms with Crippen LogP contribution in [0.25, 0.3) is 0 Å². The number of hydrogen-bond donors (Lipinski definition) is 2. The molecular formula is C13H13ClN2S2. The molecule has 0 aliphatic heterocycles. The fourth-order valence-electron chi connectivity index (χ4n) is 1.61. The van der Waals surface area contributed by atoms with Gasteiger partial charge in [0, 0.05) is 17.8 Å². The molecule has 0 saturated carbocycles. The van der Waals surface area contributed by atoms with Gasteiger partial charge in [0.15, 0.2) is 0 Å². The van der Waals surface area contributed by atoms with E-state index in [1.165, 1.54) is 5.56 Å². The highest BCUT2D eigenvalue weighted by Gasteiger charge is 2.04. The third-order valence-electron chi connectivity index (χ3n) is 2.56. The van der Waals surface area contributed by atoms with Crippen molar-refractivity contribution in [1.29, 1.82) is 0 Å². The quantitative estimate of drug-likeness (QED) is 0.827. The Morgan fingerprint density at radius 3 is 2.83 bits per heavy atom. The molecule has 0 amide bonds. The Kier molecular flexibility index (Phi) is 4.58. The summed E-state index contributed by atoms with van der Waals surface area (Å²) >= 11 is 12.7. The van der Waals surface area contributed by atoms with Crippen LogP contribution < -0.4 is 11.1 Å². The summed E-state index contributed by atoms with van der Waals surface area (Å²) in [7, 11) is 0. The van der Waals surface area contributed by atoms with Gasteiger partial charge < -0.3 is 11.1 Å². The predicted octanol–water partition coefficient (Wildman–Crippen LogP) is 3.69. The lowest BCUT2D eigenvalue weighted by Crippen LogP contribution is -2.10. The average molecular weight is 297 g/mol. The van der Waals surface area contributed by atoms with E-state index in [-0.39, 0.29) is 0 Å². The molecule has 5 heteroatoms. The smallest absolute Gasteiger partial charge is 0.105 e. The van der Waals surface area contributed by atoms with Gasteiger partial charge in [-0.2, -0.15) is 11.3 Å². The van der Waals surface area contributed by atoms with Crippen LogP contribution in [-0.4, -0.2) is 11.5 Å². The van der Waals surface area contributed by atoms with E-state index in [2.05, 4.69) is 22.1 Å². The van der Waals surface area contributed by atoms with E-state index in [0.717, 1.165) is 24.2 Å². The molecule has 3 N–H and O–H groups in total. The Balaban J connectivity index is 1.94. The first-order chi connectivity index (χ1) is 8.66. The third kappa shape index (κ3) is 3.45. The van der Waals surface area contributed by atoms with Crippen LogP contribution in [0.4, 0.5) is 5.69 Å². The highest BCUT2D eigenvalue weighted by molar-refractivity contribution is 7.80. The van der Waals surface area contributed by atoms with E-state index >= 15 is 0 Å². The van der Waals surface area contributed by atoms with Crippen LogP contribution in [0.5, 0.6) is 0 Å². The number of hydrogen-bond acceptors (Lipinski definition) is 3. The van der Waals surface area contributed by atoms with E-state index in [1.54, 1.807) is 11.3 Å². The number of nitrogens with one attached hydrogen (secondary N) is 1. The zero-order valence-electron chi connectivity index (χ0n) is 9.65. The predicted molar refractivity (Wildman–Crippen MR) is 83.9 cm³/mol. The average Bonchev–Trinajstić information content (AvgIpc) is 2.81. The zero-order chi connectivity index (χ0) is 13.0. The molecule has 0 atom stereocenters. The van der Waals surface area contributed by atoms with Gasteiger partial charge in [-0.05, 0) is 47.0 Å². The molecule has 94 valence electrons. The van der Waals surface area contributed by atoms with E-state index < -0.39 is 0 Å². The number of anilines is 1. The molecule has 0 unspecified atom stereocenters. The largest absolute Gasteiger partial charge is 0.389 e. The molecule has 0 radical (unpaired) electrons. The second kappa shape index (κ2) is 6.18. The van der Waals surface area contributed by atoms with Gasteiger partial charge in [0.25, 0.3) is 0 Å². The normalized spacial score (nSPS) is 10.3. The van der Waals surface area contributed by atoms with Crippen LogP contribution in [-0.2, 0) is 6.42 Å². The summed E-state index contributed by atoms with van der Waals surface area (Å²) in [5, 5.41) is 8.16. The Bertz CT molecular complexity index is 538. The summed E-state index contributed by atoms with van der Waals surface area (Å²) in [6.07, 6.45) is 0.998. The number of benzene rings is 1. The van der Waals surface area contributed by atoms with Crippen LogP contribution in [0.2, 0.25) is 5.02 Å². The molecule has 1 aromatic carbocycles. The molecule has 2 rings (SSSR count). The summed E-state index contributed by atoms with van der Waals surface area (Å²) in [5.41, 5.74) is 8.60. The van der Waals surface area contributed by atoms with Crippen LogP contribution in [0.15, 0.2) is 35.0 Å². The van der Waals surface area contributed by atoms with Gasteiger partial charge in [0.1, 0.15) is 4.99 Å². The van der Waals surface area contributed by atoms with E-state index in [9.17, 15) is 0 Å². The number of thiocarbonyl (C=S) groups is 1. The summed E-state index contributed by atoms with van der Waals surface area (Å²) in [6, 6.07) is 7.77. The van der Waals surface area contributed by atoms with E-state index in [1.807, 2.05) is 18.2 Å². The van der Waals surface area contributed by atoms with Crippen LogP contribution >= 0.6 is 35.2 Å². The minimum Gasteiger partial charge on any atom is -0.389 e. The number of nitrogens with two attached hydrogens (primary N) is 1. The molecule has 0 bridgehead atoms. The molecule has 0 aliphatic rings. The first kappa shape index (κ1) is 13.3. The van der Waals surface area contributed by atoms with Gasteiger partial charge in [0.2, 0.25) is 0 Å². The van der Waals surface area contributed by atoms with Gasteiger partial charge >= 0.3 is 0 Å². The minimum atomic E-state index is 0.324. The van der Waals surface area contributed by atoms with Gasteiger partial charge in [-0.15, -0.1) is 0 Å². The van der Waals surface area contributed by atoms with Gasteiger partial charge in [0.05, 0.1) is 5.02 Å². The van der Waals surface area contributed by atoms with Crippen molar-refractivity contribution in [2.24, 2.45) is 5.73 Å². The SMILES string of the molecule is NC(=S)c1ccc(NCCc2ccsc2)cc1Cl. The number of halogens is 1. The lowest BCUT2D eigenvalue weighted by atomic mass is 10.2. The summed E-state index contributed by atoms with van der Waals surface area (Å²) in [6.45, 7) is 0.874. The second-order valence-corrected chi connectivity index (χ2v) is 5.49. The van der Waals surface area contributed by atoms with Crippen LogP contribution in [0, 0.1) is 0 Å². The Morgan fingerprint density at radius 1 is 1.39 bits per heavy atom. The molecule has 0 fully saturated rings. The molecule has 1 aromatic heterocycles. The fourth-order valence-corrected chi connectivity index (χ4v) is 2.83. The molecule has 18 heavy (non-hydrogen) atoms. The van der Waals surface area contributed by atoms with Crippen molar-refractivity contribution in [3.05, 3.63) is 51.2 Å². The minimum absolute atomic E-state index is 0.324. The van der Waals surface area contributed by atoms with Gasteiger partial charge in [-0.25, -0.2) is 0 Å². The number of rotatable bonds is 5. The maximum atomic E-state index is 6.10. The second-order valence-electron chi connectivity index (χ2n) is 3.87. The van der Waals surface area contributed by atoms with Crippen molar-refractivity contribution in [3.63, 3.8) is 0 Å².